The van der Waals surface area contributed by atoms with Crippen LogP contribution in [0.25, 0.3) is 0 Å². The van der Waals surface area contributed by atoms with E-state index >= 15 is 0 Å². The van der Waals surface area contributed by atoms with Gasteiger partial charge in [0.05, 0.1) is 30.2 Å². The van der Waals surface area contributed by atoms with Gasteiger partial charge in [0.2, 0.25) is 5.91 Å². The van der Waals surface area contributed by atoms with E-state index in [0.717, 1.165) is 48.7 Å². The van der Waals surface area contributed by atoms with Crippen LogP contribution >= 0.6 is 0 Å². The lowest BCUT2D eigenvalue weighted by molar-refractivity contribution is -0.123. The molecule has 8 heteroatoms. The maximum atomic E-state index is 15.0. The zero-order valence-corrected chi connectivity index (χ0v) is 24.2. The van der Waals surface area contributed by atoms with E-state index in [1.54, 1.807) is 24.0 Å². The van der Waals surface area contributed by atoms with E-state index in [4.69, 9.17) is 4.74 Å². The van der Waals surface area contributed by atoms with E-state index in [2.05, 4.69) is 21.6 Å². The predicted octanol–water partition coefficient (Wildman–Crippen LogP) is 6.17. The van der Waals surface area contributed by atoms with Crippen molar-refractivity contribution in [1.82, 2.24) is 4.90 Å². The van der Waals surface area contributed by atoms with Crippen molar-refractivity contribution in [2.45, 2.75) is 51.1 Å². The Kier molecular flexibility index (Phi) is 8.42. The van der Waals surface area contributed by atoms with Crippen molar-refractivity contribution in [1.29, 1.82) is 0 Å². The highest BCUT2D eigenvalue weighted by molar-refractivity contribution is 5.98. The van der Waals surface area contributed by atoms with E-state index in [0.29, 0.717) is 31.6 Å². The number of carbonyl (C=O) groups is 2. The van der Waals surface area contributed by atoms with Gasteiger partial charge in [-0.05, 0) is 86.6 Å². The third-order valence-corrected chi connectivity index (χ3v) is 8.80. The van der Waals surface area contributed by atoms with Gasteiger partial charge in [-0.3, -0.25) is 9.59 Å². The molecule has 2 amide bonds. The first-order valence-electron chi connectivity index (χ1n) is 15.1. The number of carbonyl (C=O) groups excluding carboxylic acids is 2. The van der Waals surface area contributed by atoms with Gasteiger partial charge in [0.25, 0.3) is 5.91 Å². The number of hydrogen-bond acceptors (Lipinski definition) is 5. The minimum absolute atomic E-state index is 0.0707. The van der Waals surface area contributed by atoms with E-state index in [1.165, 1.54) is 18.9 Å². The number of hydrogen-bond donors (Lipinski definition) is 2. The summed E-state index contributed by atoms with van der Waals surface area (Å²) in [6.07, 6.45) is 4.59. The van der Waals surface area contributed by atoms with Crippen LogP contribution in [0, 0.1) is 18.7 Å². The summed E-state index contributed by atoms with van der Waals surface area (Å²) in [6, 6.07) is 20.4. The summed E-state index contributed by atoms with van der Waals surface area (Å²) in [6.45, 7) is 5.67. The second-order valence-electron chi connectivity index (χ2n) is 11.7. The van der Waals surface area contributed by atoms with Crippen molar-refractivity contribution < 1.29 is 18.7 Å². The van der Waals surface area contributed by atoms with Gasteiger partial charge in [-0.25, -0.2) is 4.39 Å². The van der Waals surface area contributed by atoms with E-state index in [1.807, 2.05) is 42.5 Å². The lowest BCUT2D eigenvalue weighted by atomic mass is 9.83. The summed E-state index contributed by atoms with van der Waals surface area (Å²) in [7, 11) is 0. The average Bonchev–Trinajstić information content (AvgIpc) is 3.72. The van der Waals surface area contributed by atoms with Crippen LogP contribution < -0.4 is 15.5 Å². The molecule has 3 heterocycles. The number of benzene rings is 3. The number of piperidine rings is 1. The van der Waals surface area contributed by atoms with E-state index < -0.39 is 17.8 Å². The number of anilines is 3. The zero-order valence-electron chi connectivity index (χ0n) is 24.2. The molecule has 6 rings (SSSR count). The maximum absolute atomic E-state index is 15.0. The Labute approximate surface area is 247 Å². The molecule has 42 heavy (non-hydrogen) atoms. The monoisotopic (exact) mass is 570 g/mol. The van der Waals surface area contributed by atoms with Crippen LogP contribution in [0.3, 0.4) is 0 Å². The van der Waals surface area contributed by atoms with Crippen LogP contribution in [0.15, 0.2) is 66.7 Å². The summed E-state index contributed by atoms with van der Waals surface area (Å²) in [5.74, 6) is -1.55. The molecule has 0 aromatic heterocycles. The fourth-order valence-corrected chi connectivity index (χ4v) is 6.61. The summed E-state index contributed by atoms with van der Waals surface area (Å²) in [5, 5.41) is 6.66. The fourth-order valence-electron chi connectivity index (χ4n) is 6.61. The highest BCUT2D eigenvalue weighted by Gasteiger charge is 2.40. The van der Waals surface area contributed by atoms with Gasteiger partial charge in [0.15, 0.2) is 0 Å². The lowest BCUT2D eigenvalue weighted by Gasteiger charge is -2.41. The molecule has 0 spiro atoms. The van der Waals surface area contributed by atoms with Gasteiger partial charge in [-0.1, -0.05) is 30.3 Å². The number of likely N-dealkylation sites (tertiary alicyclic amines) is 1. The third-order valence-electron chi connectivity index (χ3n) is 8.80. The molecule has 3 atom stereocenters. The van der Waals surface area contributed by atoms with Gasteiger partial charge in [-0.15, -0.1) is 0 Å². The molecule has 3 aromatic rings. The Morgan fingerprint density at radius 1 is 0.905 bits per heavy atom. The minimum atomic E-state index is -0.539. The topological polar surface area (TPSA) is 73.9 Å². The van der Waals surface area contributed by atoms with Gasteiger partial charge < -0.3 is 25.2 Å². The predicted molar refractivity (Wildman–Crippen MR) is 163 cm³/mol. The minimum Gasteiger partial charge on any atom is -0.380 e. The SMILES string of the molecule is Cc1cccc(F)c1C(=O)N1CCC[C@H](C(=O)Nc2cccc(N3CCCC3)c2)[C@@H]1c1ccc(NC2CCOC2)cc1. The Morgan fingerprint density at radius 3 is 2.43 bits per heavy atom. The highest BCUT2D eigenvalue weighted by atomic mass is 19.1. The Bertz CT molecular complexity index is 1400. The smallest absolute Gasteiger partial charge is 0.257 e. The molecule has 3 aromatic carbocycles. The number of halogens is 1. The first-order valence-corrected chi connectivity index (χ1v) is 15.1. The summed E-state index contributed by atoms with van der Waals surface area (Å²) in [4.78, 5) is 32.0. The normalized spacial score (nSPS) is 22.3. The Balaban J connectivity index is 1.29. The summed E-state index contributed by atoms with van der Waals surface area (Å²) < 4.78 is 20.5. The molecule has 3 saturated heterocycles. The molecule has 0 saturated carbocycles. The highest BCUT2D eigenvalue weighted by Crippen LogP contribution is 2.39. The first-order chi connectivity index (χ1) is 20.5. The van der Waals surface area contributed by atoms with Crippen molar-refractivity contribution in [3.8, 4) is 0 Å². The van der Waals surface area contributed by atoms with E-state index in [-0.39, 0.29) is 23.4 Å². The van der Waals surface area contributed by atoms with E-state index in [9.17, 15) is 14.0 Å². The second-order valence-corrected chi connectivity index (χ2v) is 11.7. The molecule has 0 aliphatic carbocycles. The van der Waals surface area contributed by atoms with Gasteiger partial charge in [0, 0.05) is 43.3 Å². The van der Waals surface area contributed by atoms with Crippen molar-refractivity contribution in [2.75, 3.05) is 48.4 Å². The summed E-state index contributed by atoms with van der Waals surface area (Å²) in [5.41, 5.74) is 4.33. The van der Waals surface area contributed by atoms with Crippen LogP contribution in [0.4, 0.5) is 21.5 Å². The Morgan fingerprint density at radius 2 is 1.69 bits per heavy atom. The van der Waals surface area contributed by atoms with Crippen molar-refractivity contribution >= 4 is 28.9 Å². The van der Waals surface area contributed by atoms with Crippen molar-refractivity contribution in [2.24, 2.45) is 5.92 Å². The number of aryl methyl sites for hydroxylation is 1. The van der Waals surface area contributed by atoms with Crippen LogP contribution in [0.1, 0.15) is 59.6 Å². The molecule has 3 fully saturated rings. The van der Waals surface area contributed by atoms with Crippen molar-refractivity contribution in [3.05, 3.63) is 89.2 Å². The molecule has 1 unspecified atom stereocenters. The van der Waals surface area contributed by atoms with Crippen molar-refractivity contribution in [3.63, 3.8) is 0 Å². The molecular formula is C34H39FN4O3. The number of nitrogens with one attached hydrogen (secondary N) is 2. The molecule has 220 valence electrons. The van der Waals surface area contributed by atoms with Gasteiger partial charge in [-0.2, -0.15) is 0 Å². The van der Waals surface area contributed by atoms with Gasteiger partial charge in [0.1, 0.15) is 5.82 Å². The number of rotatable bonds is 7. The molecule has 7 nitrogen and oxygen atoms in total. The first kappa shape index (κ1) is 28.2. The van der Waals surface area contributed by atoms with Crippen LogP contribution in [0.5, 0.6) is 0 Å². The molecule has 0 radical (unpaired) electrons. The molecule has 2 N–H and O–H groups in total. The Hall–Kier alpha value is -3.91. The zero-order chi connectivity index (χ0) is 29.1. The average molecular weight is 571 g/mol. The molecular weight excluding hydrogens is 531 g/mol. The standard InChI is InChI=1S/C34H39FN4O3/c1-23-7-4-11-30(35)31(23)34(41)39-19-6-10-29(32(39)24-12-14-25(15-13-24)36-27-16-20-42-22-27)33(40)37-26-8-5-9-28(21-26)38-17-2-3-18-38/h4-5,7-9,11-15,21,27,29,32,36H,2-3,6,10,16-20,22H2,1H3,(H,37,40)/t27?,29-,32-/m0/s1. The van der Waals surface area contributed by atoms with Gasteiger partial charge >= 0.3 is 0 Å². The van der Waals surface area contributed by atoms with Crippen LogP contribution in [0.2, 0.25) is 0 Å². The number of nitrogens with zero attached hydrogens (tertiary/aromatic N) is 2. The van der Waals surface area contributed by atoms with Crippen LogP contribution in [-0.4, -0.2) is 55.6 Å². The quantitative estimate of drug-likeness (QED) is 0.356. The largest absolute Gasteiger partial charge is 0.380 e. The number of ether oxygens (including phenoxy) is 1. The molecule has 3 aliphatic rings. The maximum Gasteiger partial charge on any atom is 0.257 e. The third kappa shape index (κ3) is 6.00. The molecule has 0 bridgehead atoms. The molecule has 3 aliphatic heterocycles. The lowest BCUT2D eigenvalue weighted by Crippen LogP contribution is -2.46. The van der Waals surface area contributed by atoms with Crippen LogP contribution in [-0.2, 0) is 9.53 Å². The number of amides is 2. The fraction of sp³-hybridized carbons (Fsp3) is 0.412. The second kappa shape index (κ2) is 12.5. The summed E-state index contributed by atoms with van der Waals surface area (Å²) >= 11 is 0.